The Kier molecular flexibility index (Phi) is 5.41. The Morgan fingerprint density at radius 2 is 2.22 bits per heavy atom. The van der Waals surface area contributed by atoms with Gasteiger partial charge in [0.2, 0.25) is 0 Å². The summed E-state index contributed by atoms with van der Waals surface area (Å²) >= 11 is 0. The highest BCUT2D eigenvalue weighted by Gasteiger charge is 2.24. The number of rotatable bonds is 4. The maximum Gasteiger partial charge on any atom is 0.251 e. The Bertz CT molecular complexity index is 261. The van der Waals surface area contributed by atoms with E-state index in [-0.39, 0.29) is 18.1 Å². The minimum atomic E-state index is -0.353. The third-order valence-electron chi connectivity index (χ3n) is 3.58. The normalized spacial score (nSPS) is 26.9. The number of hydrogen-bond acceptors (Lipinski definition) is 4. The molecule has 2 atom stereocenters. The van der Waals surface area contributed by atoms with Gasteiger partial charge in [-0.15, -0.1) is 0 Å². The largest absolute Gasteiger partial charge is 0.376 e. The Hall–Kier alpha value is -0.650. The molecular weight excluding hydrogens is 232 g/mol. The zero-order chi connectivity index (χ0) is 12.8. The SMILES string of the molecule is CC(OCC1CCCCO1)C(=O)N1CCNCC1. The molecule has 0 aromatic carbocycles. The molecule has 104 valence electrons. The summed E-state index contributed by atoms with van der Waals surface area (Å²) in [5.74, 6) is 0.104. The summed E-state index contributed by atoms with van der Waals surface area (Å²) in [6.07, 6.45) is 3.22. The van der Waals surface area contributed by atoms with E-state index in [1.807, 2.05) is 11.8 Å². The number of nitrogens with one attached hydrogen (secondary N) is 1. The molecule has 2 aliphatic rings. The van der Waals surface area contributed by atoms with Crippen LogP contribution in [-0.4, -0.2) is 62.4 Å². The molecule has 0 bridgehead atoms. The molecule has 1 amide bonds. The molecule has 2 saturated heterocycles. The van der Waals surface area contributed by atoms with Gasteiger partial charge in [0, 0.05) is 32.8 Å². The fourth-order valence-electron chi connectivity index (χ4n) is 2.40. The number of carbonyl (C=O) groups is 1. The van der Waals surface area contributed by atoms with Crippen molar-refractivity contribution < 1.29 is 14.3 Å². The zero-order valence-corrected chi connectivity index (χ0v) is 11.2. The number of carbonyl (C=O) groups excluding carboxylic acids is 1. The summed E-state index contributed by atoms with van der Waals surface area (Å²) in [6.45, 7) is 6.54. The van der Waals surface area contributed by atoms with Crippen molar-refractivity contribution >= 4 is 5.91 Å². The lowest BCUT2D eigenvalue weighted by atomic mass is 10.1. The predicted molar refractivity (Wildman–Crippen MR) is 68.5 cm³/mol. The molecule has 0 radical (unpaired) electrons. The molecule has 0 aromatic heterocycles. The average molecular weight is 256 g/mol. The molecule has 0 spiro atoms. The molecule has 2 heterocycles. The molecule has 5 heteroatoms. The molecule has 2 unspecified atom stereocenters. The van der Waals surface area contributed by atoms with E-state index in [9.17, 15) is 4.79 Å². The summed E-state index contributed by atoms with van der Waals surface area (Å²) in [5, 5.41) is 3.24. The van der Waals surface area contributed by atoms with Crippen LogP contribution in [0.15, 0.2) is 0 Å². The molecular formula is C13H24N2O3. The van der Waals surface area contributed by atoms with Crippen molar-refractivity contribution in [1.82, 2.24) is 10.2 Å². The van der Waals surface area contributed by atoms with Crippen molar-refractivity contribution in [2.75, 3.05) is 39.4 Å². The van der Waals surface area contributed by atoms with Crippen LogP contribution >= 0.6 is 0 Å². The van der Waals surface area contributed by atoms with Gasteiger partial charge in [-0.25, -0.2) is 0 Å². The first kappa shape index (κ1) is 13.8. The van der Waals surface area contributed by atoms with Crippen LogP contribution in [-0.2, 0) is 14.3 Å². The van der Waals surface area contributed by atoms with Crippen molar-refractivity contribution in [2.45, 2.75) is 38.4 Å². The molecule has 0 saturated carbocycles. The van der Waals surface area contributed by atoms with E-state index in [1.54, 1.807) is 0 Å². The maximum atomic E-state index is 12.1. The summed E-state index contributed by atoms with van der Waals surface area (Å²) in [4.78, 5) is 14.0. The molecule has 2 rings (SSSR count). The molecule has 5 nitrogen and oxygen atoms in total. The third-order valence-corrected chi connectivity index (χ3v) is 3.58. The van der Waals surface area contributed by atoms with Crippen molar-refractivity contribution in [3.8, 4) is 0 Å². The number of piperazine rings is 1. The van der Waals surface area contributed by atoms with Gasteiger partial charge in [0.15, 0.2) is 0 Å². The summed E-state index contributed by atoms with van der Waals surface area (Å²) in [7, 11) is 0. The van der Waals surface area contributed by atoms with Gasteiger partial charge >= 0.3 is 0 Å². The maximum absolute atomic E-state index is 12.1. The van der Waals surface area contributed by atoms with Crippen LogP contribution in [0.4, 0.5) is 0 Å². The van der Waals surface area contributed by atoms with Gasteiger partial charge < -0.3 is 19.7 Å². The van der Waals surface area contributed by atoms with Crippen LogP contribution in [0.5, 0.6) is 0 Å². The summed E-state index contributed by atoms with van der Waals surface area (Å²) in [6, 6.07) is 0. The fraction of sp³-hybridized carbons (Fsp3) is 0.923. The first-order chi connectivity index (χ1) is 8.77. The summed E-state index contributed by atoms with van der Waals surface area (Å²) in [5.41, 5.74) is 0. The lowest BCUT2D eigenvalue weighted by Crippen LogP contribution is -2.50. The molecule has 2 aliphatic heterocycles. The van der Waals surface area contributed by atoms with Crippen molar-refractivity contribution in [2.24, 2.45) is 0 Å². The van der Waals surface area contributed by atoms with Crippen LogP contribution in [0, 0.1) is 0 Å². The lowest BCUT2D eigenvalue weighted by Gasteiger charge is -2.30. The standard InChI is InChI=1S/C13H24N2O3/c1-11(13(16)15-7-5-14-6-8-15)18-10-12-4-2-3-9-17-12/h11-12,14H,2-10H2,1H3. The van der Waals surface area contributed by atoms with E-state index >= 15 is 0 Å². The van der Waals surface area contributed by atoms with Crippen molar-refractivity contribution in [3.63, 3.8) is 0 Å². The second-order valence-electron chi connectivity index (χ2n) is 5.04. The second-order valence-corrected chi connectivity index (χ2v) is 5.04. The lowest BCUT2D eigenvalue weighted by molar-refractivity contribution is -0.146. The van der Waals surface area contributed by atoms with Gasteiger partial charge in [-0.05, 0) is 26.2 Å². The Morgan fingerprint density at radius 1 is 1.44 bits per heavy atom. The zero-order valence-electron chi connectivity index (χ0n) is 11.2. The Morgan fingerprint density at radius 3 is 2.89 bits per heavy atom. The Labute approximate surface area is 109 Å². The first-order valence-electron chi connectivity index (χ1n) is 7.00. The van der Waals surface area contributed by atoms with E-state index in [2.05, 4.69) is 5.32 Å². The van der Waals surface area contributed by atoms with Crippen LogP contribution in [0.2, 0.25) is 0 Å². The van der Waals surface area contributed by atoms with Gasteiger partial charge in [0.05, 0.1) is 12.7 Å². The third kappa shape index (κ3) is 3.93. The first-order valence-corrected chi connectivity index (χ1v) is 7.00. The highest BCUT2D eigenvalue weighted by Crippen LogP contribution is 2.13. The van der Waals surface area contributed by atoms with Gasteiger partial charge in [-0.3, -0.25) is 4.79 Å². The fourth-order valence-corrected chi connectivity index (χ4v) is 2.40. The average Bonchev–Trinajstić information content (AvgIpc) is 2.46. The minimum Gasteiger partial charge on any atom is -0.376 e. The van der Waals surface area contributed by atoms with Crippen LogP contribution in [0.25, 0.3) is 0 Å². The van der Waals surface area contributed by atoms with Crippen molar-refractivity contribution in [3.05, 3.63) is 0 Å². The highest BCUT2D eigenvalue weighted by atomic mass is 16.5. The molecule has 2 fully saturated rings. The van der Waals surface area contributed by atoms with Crippen LogP contribution in [0.1, 0.15) is 26.2 Å². The van der Waals surface area contributed by atoms with Crippen LogP contribution < -0.4 is 5.32 Å². The van der Waals surface area contributed by atoms with Crippen molar-refractivity contribution in [1.29, 1.82) is 0 Å². The van der Waals surface area contributed by atoms with E-state index in [0.29, 0.717) is 6.61 Å². The minimum absolute atomic E-state index is 0.104. The second kappa shape index (κ2) is 7.07. The number of ether oxygens (including phenoxy) is 2. The van der Waals surface area contributed by atoms with Crippen LogP contribution in [0.3, 0.4) is 0 Å². The quantitative estimate of drug-likeness (QED) is 0.790. The van der Waals surface area contributed by atoms with Gasteiger partial charge in [-0.2, -0.15) is 0 Å². The molecule has 18 heavy (non-hydrogen) atoms. The van der Waals surface area contributed by atoms with Gasteiger partial charge in [0.1, 0.15) is 6.10 Å². The van der Waals surface area contributed by atoms with Gasteiger partial charge in [-0.1, -0.05) is 0 Å². The van der Waals surface area contributed by atoms with E-state index < -0.39 is 0 Å². The smallest absolute Gasteiger partial charge is 0.251 e. The highest BCUT2D eigenvalue weighted by molar-refractivity contribution is 5.80. The summed E-state index contributed by atoms with van der Waals surface area (Å²) < 4.78 is 11.3. The topological polar surface area (TPSA) is 50.8 Å². The number of hydrogen-bond donors (Lipinski definition) is 1. The monoisotopic (exact) mass is 256 g/mol. The van der Waals surface area contributed by atoms with E-state index in [1.165, 1.54) is 6.42 Å². The molecule has 1 N–H and O–H groups in total. The number of amides is 1. The predicted octanol–water partition coefficient (Wildman–Crippen LogP) is 0.392. The Balaban J connectivity index is 1.69. The molecule has 0 aromatic rings. The number of nitrogens with zero attached hydrogens (tertiary/aromatic N) is 1. The van der Waals surface area contributed by atoms with E-state index in [0.717, 1.165) is 45.6 Å². The molecule has 0 aliphatic carbocycles. The van der Waals surface area contributed by atoms with Gasteiger partial charge in [0.25, 0.3) is 5.91 Å². The van der Waals surface area contributed by atoms with E-state index in [4.69, 9.17) is 9.47 Å².